The summed E-state index contributed by atoms with van der Waals surface area (Å²) in [5.74, 6) is 1.77. The predicted molar refractivity (Wildman–Crippen MR) is 167 cm³/mol. The van der Waals surface area contributed by atoms with E-state index in [1.165, 1.54) is 49.7 Å². The number of hydrogen-bond donors (Lipinski definition) is 0. The fourth-order valence-corrected chi connectivity index (χ4v) is 4.14. The second-order valence-electron chi connectivity index (χ2n) is 9.76. The summed E-state index contributed by atoms with van der Waals surface area (Å²) in [5, 5.41) is 0. The van der Waals surface area contributed by atoms with Gasteiger partial charge in [0.25, 0.3) is 0 Å². The van der Waals surface area contributed by atoms with Crippen LogP contribution in [-0.2, 0) is 0 Å². The van der Waals surface area contributed by atoms with E-state index in [1.807, 2.05) is 12.1 Å². The van der Waals surface area contributed by atoms with E-state index in [1.54, 1.807) is 0 Å². The van der Waals surface area contributed by atoms with E-state index in [0.717, 1.165) is 54.2 Å². The third-order valence-corrected chi connectivity index (χ3v) is 6.48. The van der Waals surface area contributed by atoms with Crippen molar-refractivity contribution in [2.24, 2.45) is 0 Å². The molecule has 2 nitrogen and oxygen atoms in total. The first-order valence-corrected chi connectivity index (χ1v) is 14.3. The molecule has 0 unspecified atom stereocenters. The Bertz CT molecular complexity index is 1100. The molecule has 0 fully saturated rings. The van der Waals surface area contributed by atoms with E-state index in [-0.39, 0.29) is 0 Å². The lowest BCUT2D eigenvalue weighted by Gasteiger charge is -2.11. The van der Waals surface area contributed by atoms with Crippen LogP contribution in [0.15, 0.2) is 73.3 Å². The summed E-state index contributed by atoms with van der Waals surface area (Å²) in [5.41, 5.74) is 5.73. The van der Waals surface area contributed by atoms with Crippen LogP contribution < -0.4 is 9.47 Å². The zero-order chi connectivity index (χ0) is 26.8. The molecular formula is C36H44O2. The second kappa shape index (κ2) is 17.1. The Morgan fingerprint density at radius 2 is 0.895 bits per heavy atom. The van der Waals surface area contributed by atoms with Crippen molar-refractivity contribution in [1.82, 2.24) is 0 Å². The first-order valence-electron chi connectivity index (χ1n) is 14.3. The summed E-state index contributed by atoms with van der Waals surface area (Å²) in [7, 11) is 0. The lowest BCUT2D eigenvalue weighted by Crippen LogP contribution is -2.00. The molecule has 200 valence electrons. The van der Waals surface area contributed by atoms with Crippen molar-refractivity contribution in [3.8, 4) is 11.5 Å². The van der Waals surface area contributed by atoms with Gasteiger partial charge in [-0.2, -0.15) is 0 Å². The zero-order valence-corrected chi connectivity index (χ0v) is 23.3. The van der Waals surface area contributed by atoms with Gasteiger partial charge in [-0.3, -0.25) is 0 Å². The third kappa shape index (κ3) is 10.8. The average Bonchev–Trinajstić information content (AvgIpc) is 2.95. The molecule has 3 aromatic carbocycles. The number of unbranched alkanes of at least 4 members (excludes halogenated alkanes) is 6. The molecule has 0 saturated carbocycles. The fourth-order valence-electron chi connectivity index (χ4n) is 4.14. The van der Waals surface area contributed by atoms with Gasteiger partial charge in [0.05, 0.1) is 13.2 Å². The van der Waals surface area contributed by atoms with Crippen molar-refractivity contribution < 1.29 is 9.47 Å². The monoisotopic (exact) mass is 508 g/mol. The molecular weight excluding hydrogens is 464 g/mol. The van der Waals surface area contributed by atoms with E-state index in [4.69, 9.17) is 9.47 Å². The second-order valence-corrected chi connectivity index (χ2v) is 9.76. The highest BCUT2D eigenvalue weighted by Crippen LogP contribution is 2.25. The Morgan fingerprint density at radius 3 is 1.29 bits per heavy atom. The maximum Gasteiger partial charge on any atom is 0.123 e. The van der Waals surface area contributed by atoms with E-state index < -0.39 is 0 Å². The van der Waals surface area contributed by atoms with Crippen LogP contribution in [0.25, 0.3) is 30.4 Å². The summed E-state index contributed by atoms with van der Waals surface area (Å²) < 4.78 is 12.2. The molecule has 0 aliphatic rings. The number of benzene rings is 3. The summed E-state index contributed by atoms with van der Waals surface area (Å²) in [4.78, 5) is 0. The average molecular weight is 509 g/mol. The predicted octanol–water partition coefficient (Wildman–Crippen LogP) is 10.6. The quantitative estimate of drug-likeness (QED) is 0.133. The smallest absolute Gasteiger partial charge is 0.123 e. The van der Waals surface area contributed by atoms with E-state index in [0.29, 0.717) is 0 Å². The van der Waals surface area contributed by atoms with Crippen LogP contribution in [0.5, 0.6) is 11.5 Å². The van der Waals surface area contributed by atoms with Gasteiger partial charge in [-0.05, 0) is 52.8 Å². The first-order chi connectivity index (χ1) is 18.7. The van der Waals surface area contributed by atoms with Crippen LogP contribution in [0.1, 0.15) is 93.0 Å². The molecule has 0 heterocycles. The van der Waals surface area contributed by atoms with Gasteiger partial charge >= 0.3 is 0 Å². The van der Waals surface area contributed by atoms with Gasteiger partial charge in [0.1, 0.15) is 11.5 Å². The fraction of sp³-hybridized carbons (Fsp3) is 0.333. The lowest BCUT2D eigenvalue weighted by molar-refractivity contribution is 0.290. The number of ether oxygens (including phenoxy) is 2. The van der Waals surface area contributed by atoms with Crippen molar-refractivity contribution >= 4 is 30.4 Å². The molecule has 0 bridgehead atoms. The highest BCUT2D eigenvalue weighted by Gasteiger charge is 2.03. The van der Waals surface area contributed by atoms with Gasteiger partial charge in [0, 0.05) is 6.07 Å². The Labute approximate surface area is 230 Å². The van der Waals surface area contributed by atoms with Gasteiger partial charge in [-0.1, -0.05) is 138 Å². The zero-order valence-electron chi connectivity index (χ0n) is 23.3. The minimum atomic E-state index is 0.747. The number of hydrogen-bond acceptors (Lipinski definition) is 2. The summed E-state index contributed by atoms with van der Waals surface area (Å²) in [6.45, 7) is 9.77. The van der Waals surface area contributed by atoms with Gasteiger partial charge in [-0.15, -0.1) is 0 Å². The molecule has 3 rings (SSSR count). The summed E-state index contributed by atoms with van der Waals surface area (Å²) in [6, 6.07) is 23.2. The van der Waals surface area contributed by atoms with Crippen LogP contribution in [-0.4, -0.2) is 13.2 Å². The lowest BCUT2D eigenvalue weighted by atomic mass is 10.1. The Kier molecular flexibility index (Phi) is 13.1. The molecule has 0 radical (unpaired) electrons. The molecule has 3 aromatic rings. The van der Waals surface area contributed by atoms with Crippen LogP contribution >= 0.6 is 0 Å². The van der Waals surface area contributed by atoms with Crippen molar-refractivity contribution in [3.63, 3.8) is 0 Å². The molecule has 0 aliphatic carbocycles. The maximum atomic E-state index is 6.10. The Balaban J connectivity index is 1.63. The minimum Gasteiger partial charge on any atom is -0.493 e. The topological polar surface area (TPSA) is 18.5 Å². The molecule has 38 heavy (non-hydrogen) atoms. The van der Waals surface area contributed by atoms with Gasteiger partial charge in [-0.25, -0.2) is 0 Å². The van der Waals surface area contributed by atoms with Crippen LogP contribution in [0, 0.1) is 0 Å². The highest BCUT2D eigenvalue weighted by atomic mass is 16.5. The standard InChI is InChI=1S/C36H44O2/c1-4-7-9-11-25-37-35-27-34(28-36(29-35)38-26-12-10-8-5-2)24-23-33-21-19-32(20-22-33)18-17-31-15-13-30(6-3)14-16-31/h6,13-24,27-29H,3-5,7-12,25-26H2,1-2H3/b18-17+,24-23+. The third-order valence-electron chi connectivity index (χ3n) is 6.48. The van der Waals surface area contributed by atoms with E-state index in [2.05, 4.69) is 105 Å². The van der Waals surface area contributed by atoms with Crippen molar-refractivity contribution in [3.05, 3.63) is 101 Å². The largest absolute Gasteiger partial charge is 0.493 e. The molecule has 0 saturated heterocycles. The van der Waals surface area contributed by atoms with Crippen LogP contribution in [0.4, 0.5) is 0 Å². The molecule has 0 atom stereocenters. The highest BCUT2D eigenvalue weighted by molar-refractivity contribution is 5.74. The minimum absolute atomic E-state index is 0.747. The Morgan fingerprint density at radius 1 is 0.500 bits per heavy atom. The maximum absolute atomic E-state index is 6.10. The summed E-state index contributed by atoms with van der Waals surface area (Å²) >= 11 is 0. The SMILES string of the molecule is C=Cc1ccc(/C=C/c2ccc(/C=C/c3cc(OCCCCCC)cc(OCCCCCC)c3)cc2)cc1. The normalized spacial score (nSPS) is 11.3. The van der Waals surface area contributed by atoms with E-state index >= 15 is 0 Å². The van der Waals surface area contributed by atoms with Crippen LogP contribution in [0.3, 0.4) is 0 Å². The van der Waals surface area contributed by atoms with E-state index in [9.17, 15) is 0 Å². The molecule has 2 heteroatoms. The van der Waals surface area contributed by atoms with Crippen molar-refractivity contribution in [2.75, 3.05) is 13.2 Å². The summed E-state index contributed by atoms with van der Waals surface area (Å²) in [6.07, 6.45) is 20.0. The Hall–Kier alpha value is -3.52. The van der Waals surface area contributed by atoms with Crippen molar-refractivity contribution in [1.29, 1.82) is 0 Å². The number of rotatable bonds is 17. The van der Waals surface area contributed by atoms with Gasteiger partial charge in [0.2, 0.25) is 0 Å². The molecule has 0 aliphatic heterocycles. The first kappa shape index (κ1) is 29.0. The van der Waals surface area contributed by atoms with Crippen LogP contribution in [0.2, 0.25) is 0 Å². The molecule has 0 spiro atoms. The molecule has 0 aromatic heterocycles. The molecule has 0 amide bonds. The molecule has 0 N–H and O–H groups in total. The van der Waals surface area contributed by atoms with Crippen molar-refractivity contribution in [2.45, 2.75) is 65.2 Å². The van der Waals surface area contributed by atoms with Gasteiger partial charge in [0.15, 0.2) is 0 Å². The van der Waals surface area contributed by atoms with Gasteiger partial charge < -0.3 is 9.47 Å².